The number of aromatic nitrogens is 2. The number of halogens is 4. The highest BCUT2D eigenvalue weighted by atomic mass is 35.5. The molecule has 4 aromatic carbocycles. The van der Waals surface area contributed by atoms with Crippen molar-refractivity contribution in [2.45, 2.75) is 39.0 Å². The summed E-state index contributed by atoms with van der Waals surface area (Å²) in [4.78, 5) is 64.3. The first-order valence-corrected chi connectivity index (χ1v) is 22.6. The van der Waals surface area contributed by atoms with Crippen LogP contribution in [0.2, 0.25) is 5.02 Å². The van der Waals surface area contributed by atoms with Crippen LogP contribution in [0.3, 0.4) is 0 Å². The van der Waals surface area contributed by atoms with E-state index in [-0.39, 0.29) is 24.2 Å². The van der Waals surface area contributed by atoms with E-state index in [2.05, 4.69) is 15.0 Å². The van der Waals surface area contributed by atoms with Crippen LogP contribution < -0.4 is 19.4 Å². The third kappa shape index (κ3) is 7.17. The van der Waals surface area contributed by atoms with Crippen LogP contribution in [-0.2, 0) is 26.2 Å². The summed E-state index contributed by atoms with van der Waals surface area (Å²) in [6, 6.07) is 24.2. The van der Waals surface area contributed by atoms with Crippen LogP contribution in [0.4, 0.5) is 41.7 Å². The second-order valence-electron chi connectivity index (χ2n) is 17.8. The van der Waals surface area contributed by atoms with E-state index < -0.39 is 76.5 Å². The number of carbonyl (C=O) groups is 4. The zero-order chi connectivity index (χ0) is 47.4. The van der Waals surface area contributed by atoms with Crippen LogP contribution in [-0.4, -0.2) is 59.0 Å². The number of aromatic hydroxyl groups is 1. The van der Waals surface area contributed by atoms with Gasteiger partial charge >= 0.3 is 6.36 Å². The predicted molar refractivity (Wildman–Crippen MR) is 247 cm³/mol. The van der Waals surface area contributed by atoms with Crippen LogP contribution in [0.25, 0.3) is 20.7 Å². The van der Waals surface area contributed by atoms with Gasteiger partial charge in [0, 0.05) is 54.1 Å². The fraction of sp³-hybridized carbons (Fsp3) is 0.286. The number of phenolic OH excluding ortho intramolecular Hbond substituents is 1. The number of allylic oxidation sites excluding steroid dienone is 2. The summed E-state index contributed by atoms with van der Waals surface area (Å²) in [5.41, 5.74) is 2.49. The lowest BCUT2D eigenvalue weighted by atomic mass is 9.51. The molecule has 3 fully saturated rings. The van der Waals surface area contributed by atoms with Gasteiger partial charge in [0.1, 0.15) is 23.0 Å². The Morgan fingerprint density at radius 2 is 1.57 bits per heavy atom. The first-order valence-electron chi connectivity index (χ1n) is 21.4. The number of hydrogen-bond donors (Lipinski definition) is 1. The lowest BCUT2D eigenvalue weighted by Gasteiger charge is -2.49. The second kappa shape index (κ2) is 15.9. The van der Waals surface area contributed by atoms with Crippen molar-refractivity contribution in [3.05, 3.63) is 119 Å². The molecule has 342 valence electrons. The van der Waals surface area contributed by atoms with E-state index in [0.29, 0.717) is 33.4 Å². The molecule has 2 aliphatic carbocycles. The van der Waals surface area contributed by atoms with Gasteiger partial charge in [-0.25, -0.2) is 4.90 Å². The molecule has 1 saturated carbocycles. The molecule has 2 saturated heterocycles. The minimum absolute atomic E-state index is 0.0385. The summed E-state index contributed by atoms with van der Waals surface area (Å²) in [5.74, 6) is -8.21. The van der Waals surface area contributed by atoms with Gasteiger partial charge in [-0.05, 0) is 128 Å². The molecule has 2 aliphatic heterocycles. The van der Waals surface area contributed by atoms with Crippen LogP contribution >= 0.6 is 22.9 Å². The number of aryl methyl sites for hydroxylation is 2. The van der Waals surface area contributed by atoms with E-state index in [0.717, 1.165) is 54.2 Å². The smallest absolute Gasteiger partial charge is 0.508 e. The lowest BCUT2D eigenvalue weighted by molar-refractivity contribution is -0.274. The number of thiophene rings is 1. The third-order valence-corrected chi connectivity index (χ3v) is 15.3. The number of fused-ring (bicyclic) bond motifs is 5. The summed E-state index contributed by atoms with van der Waals surface area (Å²) < 4.78 is 47.7. The summed E-state index contributed by atoms with van der Waals surface area (Å²) in [6.07, 6.45) is -3.32. The minimum Gasteiger partial charge on any atom is -0.508 e. The zero-order valence-electron chi connectivity index (χ0n) is 36.6. The number of amides is 4. The molecule has 10 rings (SSSR count). The van der Waals surface area contributed by atoms with Crippen LogP contribution in [0.15, 0.2) is 113 Å². The number of benzene rings is 4. The minimum atomic E-state index is -5.08. The van der Waals surface area contributed by atoms with Crippen molar-refractivity contribution in [2.75, 3.05) is 28.8 Å². The number of rotatable bonds is 8. The predicted octanol–water partition coefficient (Wildman–Crippen LogP) is 10.8. The molecule has 4 heterocycles. The lowest BCUT2D eigenvalue weighted by Crippen LogP contribution is -2.49. The summed E-state index contributed by atoms with van der Waals surface area (Å²) in [6.45, 7) is 3.51. The van der Waals surface area contributed by atoms with E-state index in [4.69, 9.17) is 16.7 Å². The first-order chi connectivity index (χ1) is 31.8. The van der Waals surface area contributed by atoms with E-state index in [1.807, 2.05) is 62.3 Å². The molecule has 2 aromatic heterocycles. The largest absolute Gasteiger partial charge is 0.573 e. The Bertz CT molecular complexity index is 3130. The van der Waals surface area contributed by atoms with Gasteiger partial charge < -0.3 is 14.7 Å². The molecule has 6 atom stereocenters. The molecule has 4 aliphatic rings. The monoisotopic (exact) mass is 947 g/mol. The maximum absolute atomic E-state index is 15.3. The van der Waals surface area contributed by atoms with Gasteiger partial charge in [-0.2, -0.15) is 15.3 Å². The van der Waals surface area contributed by atoms with Crippen molar-refractivity contribution in [1.29, 1.82) is 0 Å². The highest BCUT2D eigenvalue weighted by Crippen LogP contribution is 2.65. The molecular formula is C49H41ClF3N7O6S. The molecule has 0 spiro atoms. The van der Waals surface area contributed by atoms with E-state index in [1.165, 1.54) is 16.0 Å². The number of alkyl halides is 3. The van der Waals surface area contributed by atoms with Crippen LogP contribution in [0, 0.1) is 36.0 Å². The molecule has 1 N–H and O–H groups in total. The van der Waals surface area contributed by atoms with Gasteiger partial charge in [0.2, 0.25) is 23.6 Å². The number of nitrogens with zero attached hydrogens (tertiary/aromatic N) is 7. The topological polar surface area (TPSA) is 150 Å². The fourth-order valence-corrected chi connectivity index (χ4v) is 11.9. The Labute approximate surface area is 390 Å². The molecule has 0 unspecified atom stereocenters. The average molecular weight is 948 g/mol. The van der Waals surface area contributed by atoms with Crippen molar-refractivity contribution in [1.82, 2.24) is 9.78 Å². The molecule has 13 nitrogen and oxygen atoms in total. The highest BCUT2D eigenvalue weighted by Gasteiger charge is 2.68. The van der Waals surface area contributed by atoms with Gasteiger partial charge in [0.15, 0.2) is 0 Å². The Hall–Kier alpha value is -6.85. The number of imide groups is 2. The van der Waals surface area contributed by atoms with Gasteiger partial charge in [-0.3, -0.25) is 28.8 Å². The number of azo groups is 1. The normalized spacial score (nSPS) is 23.8. The molecule has 0 radical (unpaired) electrons. The maximum atomic E-state index is 15.3. The number of carbonyl (C=O) groups excluding carboxylic acids is 4. The molecule has 18 heteroatoms. The average Bonchev–Trinajstić information content (AvgIpc) is 3.96. The third-order valence-electron chi connectivity index (χ3n) is 13.8. The second-order valence-corrected chi connectivity index (χ2v) is 19.3. The SMILES string of the molecule is Cc1c(-c2cc(N3C(=O)[C@@H]4C[C@@H]5C(=CC[C@@H]6C(=O)N(c7ccc(N=Nc8ccc(N(C)C)cc8)cc7)C(=O)[C@@H]65)[C@H](c5cc(OC(F)(F)F)ccc5O)[C@]4(C)C3=O)n(C)n2)sc2ccc(Cl)cc12. The summed E-state index contributed by atoms with van der Waals surface area (Å²) >= 11 is 7.79. The van der Waals surface area contributed by atoms with Crippen LogP contribution in [0.1, 0.15) is 36.8 Å². The Morgan fingerprint density at radius 1 is 0.881 bits per heavy atom. The Kier molecular flexibility index (Phi) is 10.4. The number of ether oxygens (including phenoxy) is 1. The quantitative estimate of drug-likeness (QED) is 0.0900. The van der Waals surface area contributed by atoms with Crippen molar-refractivity contribution in [3.63, 3.8) is 0 Å². The highest BCUT2D eigenvalue weighted by molar-refractivity contribution is 7.22. The van der Waals surface area contributed by atoms with Gasteiger partial charge in [0.05, 0.1) is 45.1 Å². The van der Waals surface area contributed by atoms with E-state index in [9.17, 15) is 27.9 Å². The number of anilines is 3. The van der Waals surface area contributed by atoms with Crippen LogP contribution in [0.5, 0.6) is 11.5 Å². The number of phenols is 1. The van der Waals surface area contributed by atoms with E-state index >= 15 is 9.59 Å². The molecular weight excluding hydrogens is 907 g/mol. The van der Waals surface area contributed by atoms with Crippen molar-refractivity contribution < 1.29 is 42.2 Å². The summed E-state index contributed by atoms with van der Waals surface area (Å²) in [5, 5.41) is 26.4. The van der Waals surface area contributed by atoms with Gasteiger partial charge in [-0.15, -0.1) is 24.5 Å². The Balaban J connectivity index is 1.02. The zero-order valence-corrected chi connectivity index (χ0v) is 38.2. The van der Waals surface area contributed by atoms with E-state index in [1.54, 1.807) is 56.4 Å². The van der Waals surface area contributed by atoms with Gasteiger partial charge in [-0.1, -0.05) is 23.3 Å². The van der Waals surface area contributed by atoms with Crippen molar-refractivity contribution in [2.24, 2.45) is 46.4 Å². The van der Waals surface area contributed by atoms with Crippen molar-refractivity contribution in [3.8, 4) is 22.1 Å². The Morgan fingerprint density at radius 3 is 2.24 bits per heavy atom. The molecule has 6 aromatic rings. The summed E-state index contributed by atoms with van der Waals surface area (Å²) in [7, 11) is 5.47. The van der Waals surface area contributed by atoms with Gasteiger partial charge in [0.25, 0.3) is 0 Å². The molecule has 67 heavy (non-hydrogen) atoms. The molecule has 4 amide bonds. The number of hydrogen-bond acceptors (Lipinski definition) is 11. The fourth-order valence-electron chi connectivity index (χ4n) is 10.6. The maximum Gasteiger partial charge on any atom is 0.573 e. The standard InChI is InChI=1S/C49H41ClF3N7O6S/c1-24-33-20-25(50)6-19-39(33)67-43(24)37-23-40(58(5)56-37)60-45(63)36-22-34-31(42(48(36,2)47(60)65)35-21-30(15-18-38(35)61)66-49(51,52)53)16-17-32-41(34)46(64)59(44(32)62)29-13-9-27(10-14-29)55-54-26-7-11-28(12-8-26)57(3)4/h6-16,18-21,23,32,34,36,41-42,61H,17,22H2,1-5H3/t32-,34+,36-,41-,42+,48+/m0/s1. The van der Waals surface area contributed by atoms with Crippen molar-refractivity contribution >= 4 is 85.2 Å². The first kappa shape index (κ1) is 44.0. The molecule has 0 bridgehead atoms.